The number of aliphatic hydroxyl groups excluding tert-OH is 5. The second-order valence-corrected chi connectivity index (χ2v) is 18.4. The van der Waals surface area contributed by atoms with E-state index in [0.717, 1.165) is 25.7 Å². The molecule has 54 heavy (non-hydrogen) atoms. The molecule has 5 N–H and O–H groups in total. The highest BCUT2D eigenvalue weighted by molar-refractivity contribution is 5.73. The molecule has 0 fully saturated rings. The molecule has 0 amide bonds. The van der Waals surface area contributed by atoms with Crippen molar-refractivity contribution in [2.45, 2.75) is 137 Å². The summed E-state index contributed by atoms with van der Waals surface area (Å²) in [7, 11) is 0. The lowest BCUT2D eigenvalue weighted by molar-refractivity contribution is -0.154. The third-order valence-corrected chi connectivity index (χ3v) is 9.21. The lowest BCUT2D eigenvalue weighted by Crippen LogP contribution is -2.30. The van der Waals surface area contributed by atoms with Crippen LogP contribution < -0.4 is 0 Å². The predicted molar refractivity (Wildman–Crippen MR) is 218 cm³/mol. The van der Waals surface area contributed by atoms with Crippen LogP contribution in [0, 0.1) is 70.0 Å². The Morgan fingerprint density at radius 1 is 0.500 bits per heavy atom. The van der Waals surface area contributed by atoms with Gasteiger partial charge in [-0.25, -0.2) is 0 Å². The topological polar surface area (TPSA) is 180 Å². The average molecular weight is 781 g/mol. The van der Waals surface area contributed by atoms with Crippen LogP contribution >= 0.6 is 0 Å². The number of carbonyl (C=O) groups is 3. The Bertz CT molecular complexity index is 915. The summed E-state index contributed by atoms with van der Waals surface area (Å²) in [5.41, 5.74) is 0.271. The van der Waals surface area contributed by atoms with Crippen LogP contribution in [0.5, 0.6) is 0 Å². The molecular formula is C43H88O11. The van der Waals surface area contributed by atoms with Gasteiger partial charge in [0.15, 0.2) is 0 Å². The first-order valence-corrected chi connectivity index (χ1v) is 19.9. The minimum Gasteiger partial charge on any atom is -0.465 e. The average Bonchev–Trinajstić information content (AvgIpc) is 3.04. The molecule has 326 valence electrons. The maximum atomic E-state index is 12.1. The van der Waals surface area contributed by atoms with Gasteiger partial charge in [-0.2, -0.15) is 0 Å². The van der Waals surface area contributed by atoms with Gasteiger partial charge in [0.25, 0.3) is 0 Å². The number of rotatable bonds is 22. The van der Waals surface area contributed by atoms with E-state index in [-0.39, 0.29) is 130 Å². The number of aliphatic hydroxyl groups is 5. The largest absolute Gasteiger partial charge is 0.465 e. The van der Waals surface area contributed by atoms with E-state index < -0.39 is 0 Å². The van der Waals surface area contributed by atoms with Gasteiger partial charge in [-0.05, 0) is 60.2 Å². The van der Waals surface area contributed by atoms with Crippen molar-refractivity contribution in [2.24, 2.45) is 70.0 Å². The molecule has 0 rings (SSSR count). The first-order chi connectivity index (χ1) is 24.3. The van der Waals surface area contributed by atoms with Crippen LogP contribution in [0.4, 0.5) is 0 Å². The van der Waals surface area contributed by atoms with Crippen molar-refractivity contribution in [3.63, 3.8) is 0 Å². The second kappa shape index (κ2) is 31.3. The highest BCUT2D eigenvalue weighted by Crippen LogP contribution is 2.30. The number of hydrogen-bond donors (Lipinski definition) is 5. The monoisotopic (exact) mass is 781 g/mol. The van der Waals surface area contributed by atoms with E-state index in [1.54, 1.807) is 0 Å². The standard InChI is InChI=1S/C15H30O4.C14H28O4.C13H26O3.CH4/c1-11(2)13(6-7-15(3,4)5)14(18)19-10-12(8-16)9-17;1-10(2)12(6-14(3,4)5)13(17)18-9-11(7-15)8-16;1-6-11(7-14)8-16-13(15)12(9(2)3)10(4)5;/h11-13,16-17H,6-10H2,1-5H3;10-12,15-16H,6-9H2,1-5H3;9-12,14H,6-8H2,1-5H3;1H4. The van der Waals surface area contributed by atoms with E-state index in [4.69, 9.17) is 39.7 Å². The van der Waals surface area contributed by atoms with Crippen LogP contribution in [0.3, 0.4) is 0 Å². The van der Waals surface area contributed by atoms with Gasteiger partial charge in [0.05, 0.1) is 64.0 Å². The van der Waals surface area contributed by atoms with Crippen molar-refractivity contribution in [3.05, 3.63) is 0 Å². The molecule has 0 bridgehead atoms. The molecule has 0 aliphatic carbocycles. The van der Waals surface area contributed by atoms with Crippen molar-refractivity contribution in [2.75, 3.05) is 52.9 Å². The molecule has 0 aromatic rings. The maximum Gasteiger partial charge on any atom is 0.309 e. The second-order valence-electron chi connectivity index (χ2n) is 18.4. The van der Waals surface area contributed by atoms with Gasteiger partial charge in [-0.3, -0.25) is 14.4 Å². The lowest BCUT2D eigenvalue weighted by Gasteiger charge is -2.27. The summed E-state index contributed by atoms with van der Waals surface area (Å²) in [5, 5.41) is 44.7. The molecule has 0 saturated heterocycles. The quantitative estimate of drug-likeness (QED) is 0.0555. The fourth-order valence-corrected chi connectivity index (χ4v) is 5.41. The zero-order chi connectivity index (χ0) is 42.1. The normalized spacial score (nSPS) is 13.6. The summed E-state index contributed by atoms with van der Waals surface area (Å²) in [6, 6.07) is 0. The third kappa shape index (κ3) is 29.5. The summed E-state index contributed by atoms with van der Waals surface area (Å²) in [4.78, 5) is 35.9. The van der Waals surface area contributed by atoms with Crippen molar-refractivity contribution in [1.29, 1.82) is 0 Å². The first kappa shape index (κ1) is 58.9. The van der Waals surface area contributed by atoms with Crippen LogP contribution in [0.1, 0.15) is 137 Å². The fourth-order valence-electron chi connectivity index (χ4n) is 5.41. The molecule has 11 heteroatoms. The molecule has 0 aromatic heterocycles. The molecule has 11 nitrogen and oxygen atoms in total. The molecule has 3 unspecified atom stereocenters. The summed E-state index contributed by atoms with van der Waals surface area (Å²) < 4.78 is 15.7. The van der Waals surface area contributed by atoms with E-state index in [9.17, 15) is 14.4 Å². The summed E-state index contributed by atoms with van der Waals surface area (Å²) in [6.45, 7) is 30.8. The van der Waals surface area contributed by atoms with Crippen LogP contribution in [-0.2, 0) is 28.6 Å². The van der Waals surface area contributed by atoms with Gasteiger partial charge >= 0.3 is 17.9 Å². The molecule has 0 spiro atoms. The Labute approximate surface area is 331 Å². The smallest absolute Gasteiger partial charge is 0.309 e. The lowest BCUT2D eigenvalue weighted by atomic mass is 9.80. The van der Waals surface area contributed by atoms with Gasteiger partial charge in [0.1, 0.15) is 0 Å². The summed E-state index contributed by atoms with van der Waals surface area (Å²) in [5.74, 6) is -0.510. The molecule has 3 atom stereocenters. The van der Waals surface area contributed by atoms with Crippen molar-refractivity contribution >= 4 is 17.9 Å². The van der Waals surface area contributed by atoms with Crippen molar-refractivity contribution in [3.8, 4) is 0 Å². The van der Waals surface area contributed by atoms with Gasteiger partial charge in [0, 0.05) is 24.4 Å². The zero-order valence-corrected chi connectivity index (χ0v) is 36.4. The molecule has 0 saturated carbocycles. The fraction of sp³-hybridized carbons (Fsp3) is 0.930. The molecular weight excluding hydrogens is 692 g/mol. The Kier molecular flexibility index (Phi) is 34.2. The Morgan fingerprint density at radius 3 is 1.11 bits per heavy atom. The van der Waals surface area contributed by atoms with E-state index in [1.165, 1.54) is 0 Å². The van der Waals surface area contributed by atoms with Gasteiger partial charge in [-0.1, -0.05) is 111 Å². The van der Waals surface area contributed by atoms with E-state index in [0.29, 0.717) is 18.4 Å². The minimum absolute atomic E-state index is 0. The Morgan fingerprint density at radius 2 is 0.833 bits per heavy atom. The molecule has 0 aromatic carbocycles. The van der Waals surface area contributed by atoms with Crippen molar-refractivity contribution in [1.82, 2.24) is 0 Å². The number of esters is 3. The van der Waals surface area contributed by atoms with Gasteiger partial charge in [-0.15, -0.1) is 0 Å². The van der Waals surface area contributed by atoms with Gasteiger partial charge < -0.3 is 39.7 Å². The highest BCUT2D eigenvalue weighted by Gasteiger charge is 2.30. The first-order valence-electron chi connectivity index (χ1n) is 19.9. The van der Waals surface area contributed by atoms with Crippen LogP contribution in [-0.4, -0.2) is 96.3 Å². The van der Waals surface area contributed by atoms with E-state index in [2.05, 4.69) is 41.5 Å². The Balaban J connectivity index is -0.000000345. The van der Waals surface area contributed by atoms with Gasteiger partial charge in [0.2, 0.25) is 0 Å². The number of hydrogen-bond acceptors (Lipinski definition) is 11. The van der Waals surface area contributed by atoms with E-state index in [1.807, 2.05) is 62.3 Å². The minimum atomic E-state index is -0.378. The molecule has 0 heterocycles. The molecule has 0 aliphatic rings. The predicted octanol–water partition coefficient (Wildman–Crippen LogP) is 7.18. The van der Waals surface area contributed by atoms with E-state index >= 15 is 0 Å². The number of carbonyl (C=O) groups excluding carboxylic acids is 3. The maximum absolute atomic E-state index is 12.1. The molecule has 0 radical (unpaired) electrons. The van der Waals surface area contributed by atoms with Crippen molar-refractivity contribution < 1.29 is 54.1 Å². The van der Waals surface area contributed by atoms with Crippen LogP contribution in [0.2, 0.25) is 0 Å². The van der Waals surface area contributed by atoms with Crippen LogP contribution in [0.25, 0.3) is 0 Å². The highest BCUT2D eigenvalue weighted by atomic mass is 16.5. The molecule has 0 aliphatic heterocycles. The summed E-state index contributed by atoms with van der Waals surface area (Å²) >= 11 is 0. The summed E-state index contributed by atoms with van der Waals surface area (Å²) in [6.07, 6.45) is 3.38. The SMILES string of the molecule is C.CC(C)C(CC(C)(C)C)C(=O)OCC(CO)CO.CC(C)C(CCC(C)(C)C)C(=O)OCC(CO)CO.CCC(CO)COC(=O)C(C(C)C)C(C)C. The van der Waals surface area contributed by atoms with Crippen LogP contribution in [0.15, 0.2) is 0 Å². The Hall–Kier alpha value is -1.79. The number of ether oxygens (including phenoxy) is 3. The zero-order valence-electron chi connectivity index (χ0n) is 36.4. The third-order valence-electron chi connectivity index (χ3n) is 9.21.